The zero-order valence-corrected chi connectivity index (χ0v) is 10.00. The first-order valence-electron chi connectivity index (χ1n) is 5.32. The van der Waals surface area contributed by atoms with Gasteiger partial charge in [-0.05, 0) is 12.8 Å². The van der Waals surface area contributed by atoms with Crippen molar-refractivity contribution in [3.05, 3.63) is 27.4 Å². The molecule has 0 atom stereocenters. The molecule has 5 heteroatoms. The van der Waals surface area contributed by atoms with Crippen molar-refractivity contribution in [3.63, 3.8) is 0 Å². The molecule has 0 amide bonds. The lowest BCUT2D eigenvalue weighted by molar-refractivity contribution is 0.564. The standard InChI is InChI=1S/C11H14ClN3O/c1-2-10-14-9(12)8-11(16)15(10)7-5-3-4-6-13/h8H,2-5,7H2,1H3. The molecule has 0 aliphatic carbocycles. The Morgan fingerprint density at radius 3 is 2.94 bits per heavy atom. The predicted octanol–water partition coefficient (Wildman–Crippen LogP) is 2.15. The summed E-state index contributed by atoms with van der Waals surface area (Å²) in [4.78, 5) is 15.8. The smallest absolute Gasteiger partial charge is 0.254 e. The van der Waals surface area contributed by atoms with Gasteiger partial charge in [-0.3, -0.25) is 9.36 Å². The average Bonchev–Trinajstić information content (AvgIpc) is 2.26. The van der Waals surface area contributed by atoms with Crippen molar-refractivity contribution >= 4 is 11.6 Å². The van der Waals surface area contributed by atoms with Gasteiger partial charge in [0.25, 0.3) is 5.56 Å². The molecule has 0 aliphatic heterocycles. The van der Waals surface area contributed by atoms with E-state index in [2.05, 4.69) is 11.1 Å². The van der Waals surface area contributed by atoms with Crippen molar-refractivity contribution in [2.24, 2.45) is 0 Å². The van der Waals surface area contributed by atoms with Crippen LogP contribution in [-0.4, -0.2) is 9.55 Å². The lowest BCUT2D eigenvalue weighted by atomic mass is 10.2. The van der Waals surface area contributed by atoms with E-state index in [1.54, 1.807) is 4.57 Å². The van der Waals surface area contributed by atoms with Crippen LogP contribution in [0.4, 0.5) is 0 Å². The highest BCUT2D eigenvalue weighted by Gasteiger charge is 2.05. The van der Waals surface area contributed by atoms with E-state index in [0.717, 1.165) is 12.8 Å². The van der Waals surface area contributed by atoms with Gasteiger partial charge in [0.1, 0.15) is 11.0 Å². The minimum atomic E-state index is -0.117. The summed E-state index contributed by atoms with van der Waals surface area (Å²) in [6, 6.07) is 3.41. The third kappa shape index (κ3) is 3.35. The molecule has 0 unspecified atom stereocenters. The number of hydrogen-bond acceptors (Lipinski definition) is 3. The molecule has 16 heavy (non-hydrogen) atoms. The Balaban J connectivity index is 2.79. The van der Waals surface area contributed by atoms with Crippen LogP contribution in [0.2, 0.25) is 5.15 Å². The van der Waals surface area contributed by atoms with Gasteiger partial charge in [-0.2, -0.15) is 5.26 Å². The largest absolute Gasteiger partial charge is 0.297 e. The van der Waals surface area contributed by atoms with Crippen LogP contribution in [0.25, 0.3) is 0 Å². The summed E-state index contributed by atoms with van der Waals surface area (Å²) in [6.07, 6.45) is 2.81. The van der Waals surface area contributed by atoms with Gasteiger partial charge in [-0.1, -0.05) is 18.5 Å². The molecule has 0 saturated carbocycles. The van der Waals surface area contributed by atoms with Crippen molar-refractivity contribution in [2.75, 3.05) is 0 Å². The summed E-state index contributed by atoms with van der Waals surface area (Å²) in [5, 5.41) is 8.65. The Morgan fingerprint density at radius 2 is 2.31 bits per heavy atom. The third-order valence-corrected chi connectivity index (χ3v) is 2.49. The maximum atomic E-state index is 11.7. The van der Waals surface area contributed by atoms with Crippen LogP contribution >= 0.6 is 11.6 Å². The predicted molar refractivity (Wildman–Crippen MR) is 62.3 cm³/mol. The molecule has 0 fully saturated rings. The van der Waals surface area contributed by atoms with Crippen molar-refractivity contribution in [1.82, 2.24) is 9.55 Å². The molecule has 0 aromatic carbocycles. The lowest BCUT2D eigenvalue weighted by Crippen LogP contribution is -2.24. The first-order chi connectivity index (χ1) is 7.69. The Labute approximate surface area is 99.5 Å². The van der Waals surface area contributed by atoms with Gasteiger partial charge in [0.2, 0.25) is 0 Å². The van der Waals surface area contributed by atoms with E-state index in [4.69, 9.17) is 16.9 Å². The number of halogens is 1. The van der Waals surface area contributed by atoms with Gasteiger partial charge >= 0.3 is 0 Å². The molecule has 1 aromatic heterocycles. The highest BCUT2D eigenvalue weighted by atomic mass is 35.5. The van der Waals surface area contributed by atoms with E-state index < -0.39 is 0 Å². The molecule has 1 heterocycles. The number of nitriles is 1. The fourth-order valence-corrected chi connectivity index (χ4v) is 1.70. The molecule has 0 aliphatic rings. The molecular weight excluding hydrogens is 226 g/mol. The van der Waals surface area contributed by atoms with Crippen molar-refractivity contribution in [2.45, 2.75) is 39.2 Å². The minimum absolute atomic E-state index is 0.117. The maximum Gasteiger partial charge on any atom is 0.254 e. The molecule has 0 N–H and O–H groups in total. The summed E-state index contributed by atoms with van der Waals surface area (Å²) in [7, 11) is 0. The average molecular weight is 240 g/mol. The van der Waals surface area contributed by atoms with Crippen molar-refractivity contribution in [1.29, 1.82) is 5.26 Å². The first-order valence-corrected chi connectivity index (χ1v) is 5.70. The van der Waals surface area contributed by atoms with Gasteiger partial charge in [-0.25, -0.2) is 4.98 Å². The Hall–Kier alpha value is -1.34. The summed E-state index contributed by atoms with van der Waals surface area (Å²) in [6.45, 7) is 2.54. The molecule has 1 rings (SSSR count). The van der Waals surface area contributed by atoms with Crippen LogP contribution in [0, 0.1) is 11.3 Å². The zero-order chi connectivity index (χ0) is 12.0. The number of aromatic nitrogens is 2. The number of hydrogen-bond donors (Lipinski definition) is 0. The van der Waals surface area contributed by atoms with Crippen LogP contribution in [-0.2, 0) is 13.0 Å². The summed E-state index contributed by atoms with van der Waals surface area (Å²) < 4.78 is 1.63. The number of nitrogens with zero attached hydrogens (tertiary/aromatic N) is 3. The van der Waals surface area contributed by atoms with Crippen molar-refractivity contribution < 1.29 is 0 Å². The number of rotatable bonds is 5. The van der Waals surface area contributed by atoms with E-state index in [-0.39, 0.29) is 10.7 Å². The molecular formula is C11H14ClN3O. The van der Waals surface area contributed by atoms with E-state index in [9.17, 15) is 4.79 Å². The summed E-state index contributed by atoms with van der Waals surface area (Å²) in [5.74, 6) is 0.703. The van der Waals surface area contributed by atoms with Gasteiger partial charge in [0.05, 0.1) is 6.07 Å². The molecule has 1 aromatic rings. The lowest BCUT2D eigenvalue weighted by Gasteiger charge is -2.09. The molecule has 0 bridgehead atoms. The number of aryl methyl sites for hydroxylation is 1. The SMILES string of the molecule is CCc1nc(Cl)cc(=O)n1CCCCC#N. The monoisotopic (exact) mass is 239 g/mol. The summed E-state index contributed by atoms with van der Waals surface area (Å²) in [5.41, 5.74) is -0.117. The second kappa shape index (κ2) is 6.29. The van der Waals surface area contributed by atoms with E-state index in [1.165, 1.54) is 6.07 Å². The van der Waals surface area contributed by atoms with Crippen LogP contribution in [0.5, 0.6) is 0 Å². The van der Waals surface area contributed by atoms with Crippen LogP contribution < -0.4 is 5.56 Å². The second-order valence-corrected chi connectivity index (χ2v) is 3.84. The first kappa shape index (κ1) is 12.7. The minimum Gasteiger partial charge on any atom is -0.297 e. The molecule has 4 nitrogen and oxygen atoms in total. The third-order valence-electron chi connectivity index (χ3n) is 2.29. The Bertz CT molecular complexity index is 448. The van der Waals surface area contributed by atoms with Crippen LogP contribution in [0.3, 0.4) is 0 Å². The molecule has 0 saturated heterocycles. The highest BCUT2D eigenvalue weighted by molar-refractivity contribution is 6.29. The maximum absolute atomic E-state index is 11.7. The van der Waals surface area contributed by atoms with Gasteiger partial charge in [-0.15, -0.1) is 0 Å². The topological polar surface area (TPSA) is 58.7 Å². The molecule has 0 radical (unpaired) electrons. The van der Waals surface area contributed by atoms with E-state index in [0.29, 0.717) is 25.2 Å². The Morgan fingerprint density at radius 1 is 1.56 bits per heavy atom. The fraction of sp³-hybridized carbons (Fsp3) is 0.545. The quantitative estimate of drug-likeness (QED) is 0.584. The summed E-state index contributed by atoms with van der Waals surface area (Å²) >= 11 is 5.72. The highest BCUT2D eigenvalue weighted by Crippen LogP contribution is 2.05. The van der Waals surface area contributed by atoms with E-state index in [1.807, 2.05) is 6.92 Å². The Kier molecular flexibility index (Phi) is 5.00. The van der Waals surface area contributed by atoms with Crippen molar-refractivity contribution in [3.8, 4) is 6.07 Å². The second-order valence-electron chi connectivity index (χ2n) is 3.45. The van der Waals surface area contributed by atoms with Crippen LogP contribution in [0.1, 0.15) is 32.0 Å². The van der Waals surface area contributed by atoms with Crippen LogP contribution in [0.15, 0.2) is 10.9 Å². The molecule has 0 spiro atoms. The van der Waals surface area contributed by atoms with Gasteiger partial charge in [0, 0.05) is 25.5 Å². The van der Waals surface area contributed by atoms with Gasteiger partial charge in [0.15, 0.2) is 0 Å². The normalized spacial score (nSPS) is 10.1. The zero-order valence-electron chi connectivity index (χ0n) is 9.24. The molecule has 86 valence electrons. The fourth-order valence-electron chi connectivity index (χ4n) is 1.51. The van der Waals surface area contributed by atoms with E-state index >= 15 is 0 Å². The number of unbranched alkanes of at least 4 members (excludes halogenated alkanes) is 2. The van der Waals surface area contributed by atoms with Gasteiger partial charge < -0.3 is 0 Å².